The zero-order chi connectivity index (χ0) is 18.8. The minimum Gasteiger partial charge on any atom is -0.481 e. The van der Waals surface area contributed by atoms with Gasteiger partial charge in [0.15, 0.2) is 0 Å². The maximum absolute atomic E-state index is 10.9. The van der Waals surface area contributed by atoms with Crippen molar-refractivity contribution in [1.82, 2.24) is 4.98 Å². The predicted molar refractivity (Wildman–Crippen MR) is 104 cm³/mol. The van der Waals surface area contributed by atoms with Crippen molar-refractivity contribution in [1.29, 1.82) is 0 Å². The number of nitrogens with zero attached hydrogens (tertiary/aromatic N) is 1. The number of carboxylic acid groups (broad SMARTS) is 1. The van der Waals surface area contributed by atoms with E-state index in [1.165, 1.54) is 0 Å². The van der Waals surface area contributed by atoms with E-state index < -0.39 is 5.97 Å². The molecule has 1 aromatic carbocycles. The first-order valence-electron chi connectivity index (χ1n) is 9.15. The Kier molecular flexibility index (Phi) is 5.22. The van der Waals surface area contributed by atoms with Gasteiger partial charge in [0.2, 0.25) is 5.90 Å². The Hall–Kier alpha value is -2.25. The summed E-state index contributed by atoms with van der Waals surface area (Å²) in [6.45, 7) is 2.79. The molecule has 3 N–H and O–H groups in total. The van der Waals surface area contributed by atoms with Crippen LogP contribution in [0.2, 0.25) is 5.02 Å². The van der Waals surface area contributed by atoms with Gasteiger partial charge in [0, 0.05) is 30.2 Å². The number of carbonyl (C=O) groups is 1. The fourth-order valence-corrected chi connectivity index (χ4v) is 3.76. The summed E-state index contributed by atoms with van der Waals surface area (Å²) in [6, 6.07) is 5.39. The van der Waals surface area contributed by atoms with Crippen LogP contribution in [0.3, 0.4) is 0 Å². The summed E-state index contributed by atoms with van der Waals surface area (Å²) >= 11 is 6.29. The average molecular weight is 392 g/mol. The number of H-pyrrole nitrogens is 1. The summed E-state index contributed by atoms with van der Waals surface area (Å²) in [6.07, 6.45) is 2.08. The first kappa shape index (κ1) is 18.1. The standard InChI is InChI=1S/C19H22ClN3O4/c20-13-5-12-6-16(19-22-14(10-27-19)8-17(24)25)23-18(12)15(7-13)21-9-11-1-3-26-4-2-11/h5-7,11,14,21,23H,1-4,8-10H2,(H,24,25). The fraction of sp³-hybridized carbons (Fsp3) is 0.474. The lowest BCUT2D eigenvalue weighted by Crippen LogP contribution is -2.22. The zero-order valence-corrected chi connectivity index (χ0v) is 15.6. The number of hydrogen-bond donors (Lipinski definition) is 3. The molecular weight excluding hydrogens is 370 g/mol. The molecule has 0 aliphatic carbocycles. The second-order valence-electron chi connectivity index (χ2n) is 7.03. The van der Waals surface area contributed by atoms with Gasteiger partial charge in [-0.15, -0.1) is 0 Å². The van der Waals surface area contributed by atoms with Gasteiger partial charge in [0.25, 0.3) is 0 Å². The number of ether oxygens (including phenoxy) is 2. The molecule has 8 heteroatoms. The highest BCUT2D eigenvalue weighted by atomic mass is 35.5. The van der Waals surface area contributed by atoms with E-state index in [2.05, 4.69) is 15.3 Å². The summed E-state index contributed by atoms with van der Waals surface area (Å²) in [5.74, 6) is 0.155. The molecule has 27 heavy (non-hydrogen) atoms. The van der Waals surface area contributed by atoms with Gasteiger partial charge in [0.1, 0.15) is 12.3 Å². The highest BCUT2D eigenvalue weighted by Gasteiger charge is 2.24. The molecule has 2 aliphatic heterocycles. The molecule has 0 spiro atoms. The highest BCUT2D eigenvalue weighted by molar-refractivity contribution is 6.32. The van der Waals surface area contributed by atoms with Crippen LogP contribution in [-0.4, -0.2) is 54.4 Å². The Labute approximate surface area is 161 Å². The van der Waals surface area contributed by atoms with Gasteiger partial charge in [-0.3, -0.25) is 4.79 Å². The van der Waals surface area contributed by atoms with Crippen LogP contribution >= 0.6 is 11.6 Å². The first-order valence-corrected chi connectivity index (χ1v) is 9.53. The normalized spacial score (nSPS) is 20.5. The quantitative estimate of drug-likeness (QED) is 0.702. The van der Waals surface area contributed by atoms with Gasteiger partial charge in [-0.05, 0) is 37.0 Å². The molecule has 0 radical (unpaired) electrons. The number of nitrogens with one attached hydrogen (secondary N) is 2. The third kappa shape index (κ3) is 4.20. The van der Waals surface area contributed by atoms with Crippen LogP contribution in [0.1, 0.15) is 25.0 Å². The van der Waals surface area contributed by atoms with Gasteiger partial charge in [-0.25, -0.2) is 4.99 Å². The van der Waals surface area contributed by atoms with Crippen LogP contribution in [0.5, 0.6) is 0 Å². The number of aromatic amines is 1. The lowest BCUT2D eigenvalue weighted by atomic mass is 10.0. The Balaban J connectivity index is 1.55. The van der Waals surface area contributed by atoms with E-state index in [0.717, 1.165) is 54.9 Å². The Morgan fingerprint density at radius 2 is 2.15 bits per heavy atom. The van der Waals surface area contributed by atoms with E-state index in [1.54, 1.807) is 0 Å². The molecule has 0 saturated carbocycles. The van der Waals surface area contributed by atoms with Crippen molar-refractivity contribution < 1.29 is 19.4 Å². The lowest BCUT2D eigenvalue weighted by Gasteiger charge is -2.22. The topological polar surface area (TPSA) is 95.9 Å². The molecule has 1 saturated heterocycles. The van der Waals surface area contributed by atoms with Crippen LogP contribution in [0.25, 0.3) is 10.9 Å². The first-order chi connectivity index (χ1) is 13.1. The minimum atomic E-state index is -0.878. The largest absolute Gasteiger partial charge is 0.481 e. The van der Waals surface area contributed by atoms with Crippen molar-refractivity contribution in [2.75, 3.05) is 31.7 Å². The summed E-state index contributed by atoms with van der Waals surface area (Å²) in [4.78, 5) is 18.6. The van der Waals surface area contributed by atoms with Gasteiger partial charge in [-0.2, -0.15) is 0 Å². The zero-order valence-electron chi connectivity index (χ0n) is 14.8. The molecule has 144 valence electrons. The average Bonchev–Trinajstić information content (AvgIpc) is 3.26. The molecule has 0 amide bonds. The Morgan fingerprint density at radius 1 is 1.33 bits per heavy atom. The number of aromatic nitrogens is 1. The van der Waals surface area contributed by atoms with Gasteiger partial charge < -0.3 is 24.9 Å². The summed E-state index contributed by atoms with van der Waals surface area (Å²) in [7, 11) is 0. The molecule has 1 aromatic heterocycles. The molecule has 2 aromatic rings. The lowest BCUT2D eigenvalue weighted by molar-refractivity contribution is -0.137. The van der Waals surface area contributed by atoms with Crippen LogP contribution in [0.15, 0.2) is 23.2 Å². The minimum absolute atomic E-state index is 0.0343. The molecule has 1 unspecified atom stereocenters. The van der Waals surface area contributed by atoms with Gasteiger partial charge >= 0.3 is 5.97 Å². The van der Waals surface area contributed by atoms with Crippen molar-refractivity contribution in [2.24, 2.45) is 10.9 Å². The van der Waals surface area contributed by atoms with Gasteiger partial charge in [0.05, 0.1) is 23.7 Å². The van der Waals surface area contributed by atoms with Crippen molar-refractivity contribution in [3.8, 4) is 0 Å². The number of hydrogen-bond acceptors (Lipinski definition) is 5. The number of anilines is 1. The third-order valence-electron chi connectivity index (χ3n) is 4.97. The molecule has 1 atom stereocenters. The monoisotopic (exact) mass is 391 g/mol. The number of carboxylic acids is 1. The van der Waals surface area contributed by atoms with E-state index in [1.807, 2.05) is 18.2 Å². The fourth-order valence-electron chi connectivity index (χ4n) is 3.54. The number of fused-ring (bicyclic) bond motifs is 1. The Bertz CT molecular complexity index is 873. The maximum atomic E-state index is 10.9. The van der Waals surface area contributed by atoms with Crippen LogP contribution in [-0.2, 0) is 14.3 Å². The van der Waals surface area contributed by atoms with Crippen LogP contribution in [0.4, 0.5) is 5.69 Å². The summed E-state index contributed by atoms with van der Waals surface area (Å²) in [5, 5.41) is 14.0. The number of aliphatic carboxylic acids is 1. The molecular formula is C19H22ClN3O4. The molecule has 3 heterocycles. The smallest absolute Gasteiger partial charge is 0.305 e. The maximum Gasteiger partial charge on any atom is 0.305 e. The van der Waals surface area contributed by atoms with Crippen molar-refractivity contribution in [2.45, 2.75) is 25.3 Å². The number of aliphatic imine (C=N–C) groups is 1. The summed E-state index contributed by atoms with van der Waals surface area (Å²) < 4.78 is 11.0. The molecule has 1 fully saturated rings. The van der Waals surface area contributed by atoms with Gasteiger partial charge in [-0.1, -0.05) is 11.6 Å². The molecule has 4 rings (SSSR count). The Morgan fingerprint density at radius 3 is 2.93 bits per heavy atom. The second kappa shape index (κ2) is 7.78. The molecule has 7 nitrogen and oxygen atoms in total. The predicted octanol–water partition coefficient (Wildman–Crippen LogP) is 3.28. The number of benzene rings is 1. The van der Waals surface area contributed by atoms with E-state index in [-0.39, 0.29) is 19.1 Å². The van der Waals surface area contributed by atoms with Crippen LogP contribution in [0, 0.1) is 5.92 Å². The third-order valence-corrected chi connectivity index (χ3v) is 5.19. The molecule has 2 aliphatic rings. The number of rotatable bonds is 6. The van der Waals surface area contributed by atoms with Crippen molar-refractivity contribution in [3.63, 3.8) is 0 Å². The SMILES string of the molecule is O=C(O)CC1COC(c2cc3cc(Cl)cc(NCC4CCOCC4)c3[nH]2)=N1. The highest BCUT2D eigenvalue weighted by Crippen LogP contribution is 2.30. The second-order valence-corrected chi connectivity index (χ2v) is 7.47. The molecule has 0 bridgehead atoms. The van der Waals surface area contributed by atoms with Crippen LogP contribution < -0.4 is 5.32 Å². The number of halogens is 1. The summed E-state index contributed by atoms with van der Waals surface area (Å²) in [5.41, 5.74) is 2.61. The van der Waals surface area contributed by atoms with Crippen molar-refractivity contribution >= 4 is 40.1 Å². The van der Waals surface area contributed by atoms with E-state index in [0.29, 0.717) is 16.8 Å². The van der Waals surface area contributed by atoms with E-state index in [4.69, 9.17) is 26.2 Å². The van der Waals surface area contributed by atoms with E-state index >= 15 is 0 Å². The van der Waals surface area contributed by atoms with E-state index in [9.17, 15) is 4.79 Å². The van der Waals surface area contributed by atoms with Crippen molar-refractivity contribution in [3.05, 3.63) is 28.9 Å².